The number of halogens is 2. The SMILES string of the molecule is Nc1c(C(F)F)[nH]c(C(=O)O)cc1=O. The Kier molecular flexibility index (Phi) is 2.50. The minimum Gasteiger partial charge on any atom is -0.477 e. The third kappa shape index (κ3) is 1.70. The van der Waals surface area contributed by atoms with Gasteiger partial charge in [-0.3, -0.25) is 4.79 Å². The van der Waals surface area contributed by atoms with Gasteiger partial charge in [-0.15, -0.1) is 0 Å². The number of nitrogen functional groups attached to an aromatic ring is 1. The number of alkyl halides is 2. The van der Waals surface area contributed by atoms with Crippen molar-refractivity contribution < 1.29 is 18.7 Å². The van der Waals surface area contributed by atoms with E-state index in [0.717, 1.165) is 0 Å². The van der Waals surface area contributed by atoms with E-state index in [9.17, 15) is 18.4 Å². The molecule has 0 unspecified atom stereocenters. The zero-order chi connectivity index (χ0) is 10.9. The summed E-state index contributed by atoms with van der Waals surface area (Å²) in [6, 6.07) is 0.656. The summed E-state index contributed by atoms with van der Waals surface area (Å²) in [5, 5.41) is 8.45. The first-order chi connectivity index (χ1) is 6.43. The number of hydrogen-bond donors (Lipinski definition) is 3. The Morgan fingerprint density at radius 1 is 1.57 bits per heavy atom. The van der Waals surface area contributed by atoms with Crippen LogP contribution in [0.3, 0.4) is 0 Å². The molecule has 0 saturated heterocycles. The van der Waals surface area contributed by atoms with E-state index in [4.69, 9.17) is 10.8 Å². The number of nitrogens with one attached hydrogen (secondary N) is 1. The molecular formula is C7H6F2N2O3. The molecule has 0 atom stereocenters. The van der Waals surface area contributed by atoms with E-state index in [1.54, 1.807) is 0 Å². The van der Waals surface area contributed by atoms with Gasteiger partial charge in [0.2, 0.25) is 5.43 Å². The highest BCUT2D eigenvalue weighted by Gasteiger charge is 2.17. The van der Waals surface area contributed by atoms with Gasteiger partial charge < -0.3 is 15.8 Å². The second kappa shape index (κ2) is 3.44. The van der Waals surface area contributed by atoms with Crippen molar-refractivity contribution in [2.24, 2.45) is 0 Å². The average Bonchev–Trinajstić information content (AvgIpc) is 2.08. The summed E-state index contributed by atoms with van der Waals surface area (Å²) in [6.45, 7) is 0. The molecule has 1 aromatic heterocycles. The number of hydrogen-bond acceptors (Lipinski definition) is 3. The highest BCUT2D eigenvalue weighted by atomic mass is 19.3. The molecule has 0 spiro atoms. The van der Waals surface area contributed by atoms with Crippen LogP contribution in [0.2, 0.25) is 0 Å². The third-order valence-corrected chi connectivity index (χ3v) is 1.55. The van der Waals surface area contributed by atoms with E-state index in [0.29, 0.717) is 6.07 Å². The lowest BCUT2D eigenvalue weighted by Gasteiger charge is -2.04. The average molecular weight is 204 g/mol. The summed E-state index contributed by atoms with van der Waals surface area (Å²) in [7, 11) is 0. The zero-order valence-corrected chi connectivity index (χ0v) is 6.75. The fourth-order valence-electron chi connectivity index (χ4n) is 0.877. The summed E-state index contributed by atoms with van der Waals surface area (Å²) in [5.74, 6) is -1.50. The minimum atomic E-state index is -3.01. The quantitative estimate of drug-likeness (QED) is 0.656. The smallest absolute Gasteiger partial charge is 0.352 e. The summed E-state index contributed by atoms with van der Waals surface area (Å²) in [5.41, 5.74) is 1.96. The van der Waals surface area contributed by atoms with Crippen LogP contribution >= 0.6 is 0 Å². The third-order valence-electron chi connectivity index (χ3n) is 1.55. The van der Waals surface area contributed by atoms with Gasteiger partial charge in [-0.1, -0.05) is 0 Å². The lowest BCUT2D eigenvalue weighted by atomic mass is 10.2. The maximum absolute atomic E-state index is 12.2. The molecule has 7 heteroatoms. The molecule has 0 radical (unpaired) electrons. The number of aromatic carboxylic acids is 1. The van der Waals surface area contributed by atoms with Gasteiger partial charge in [0.05, 0.1) is 0 Å². The summed E-state index contributed by atoms with van der Waals surface area (Å²) >= 11 is 0. The molecule has 76 valence electrons. The van der Waals surface area contributed by atoms with E-state index in [1.807, 2.05) is 4.98 Å². The summed E-state index contributed by atoms with van der Waals surface area (Å²) in [6.07, 6.45) is -3.01. The highest BCUT2D eigenvalue weighted by Crippen LogP contribution is 2.20. The van der Waals surface area contributed by atoms with Crippen LogP contribution in [0.4, 0.5) is 14.5 Å². The van der Waals surface area contributed by atoms with Gasteiger partial charge in [0.15, 0.2) is 0 Å². The van der Waals surface area contributed by atoms with E-state index < -0.39 is 34.9 Å². The Labute approximate surface area is 76.2 Å². The molecule has 0 aromatic carbocycles. The number of rotatable bonds is 2. The molecule has 1 aromatic rings. The lowest BCUT2D eigenvalue weighted by Crippen LogP contribution is -2.17. The molecule has 1 heterocycles. The van der Waals surface area contributed by atoms with Crippen molar-refractivity contribution >= 4 is 11.7 Å². The number of H-pyrrole nitrogens is 1. The minimum absolute atomic E-state index is 0.612. The van der Waals surface area contributed by atoms with Gasteiger partial charge in [0, 0.05) is 6.07 Å². The lowest BCUT2D eigenvalue weighted by molar-refractivity contribution is 0.0688. The van der Waals surface area contributed by atoms with Gasteiger partial charge in [-0.25, -0.2) is 13.6 Å². The number of aromatic amines is 1. The Balaban J connectivity index is 3.43. The number of carboxylic acids is 1. The van der Waals surface area contributed by atoms with Crippen LogP contribution in [-0.4, -0.2) is 16.1 Å². The molecule has 0 bridgehead atoms. The zero-order valence-electron chi connectivity index (χ0n) is 6.75. The number of nitrogens with two attached hydrogens (primary N) is 1. The maximum Gasteiger partial charge on any atom is 0.352 e. The van der Waals surface area contributed by atoms with Gasteiger partial charge in [-0.05, 0) is 0 Å². The van der Waals surface area contributed by atoms with Gasteiger partial charge in [-0.2, -0.15) is 0 Å². The van der Waals surface area contributed by atoms with Crippen LogP contribution in [0.25, 0.3) is 0 Å². The van der Waals surface area contributed by atoms with E-state index in [2.05, 4.69) is 0 Å². The van der Waals surface area contributed by atoms with Gasteiger partial charge in [0.1, 0.15) is 17.1 Å². The molecular weight excluding hydrogens is 198 g/mol. The largest absolute Gasteiger partial charge is 0.477 e. The van der Waals surface area contributed by atoms with Crippen molar-refractivity contribution in [1.29, 1.82) is 0 Å². The molecule has 0 aliphatic heterocycles. The topological polar surface area (TPSA) is 96.2 Å². The molecule has 0 aliphatic carbocycles. The number of carboxylic acid groups (broad SMARTS) is 1. The molecule has 0 amide bonds. The first kappa shape index (κ1) is 10.2. The molecule has 0 saturated carbocycles. The predicted octanol–water partition coefficient (Wildman–Crippen LogP) is 0.593. The molecule has 4 N–H and O–H groups in total. The molecule has 5 nitrogen and oxygen atoms in total. The number of anilines is 1. The first-order valence-electron chi connectivity index (χ1n) is 3.47. The van der Waals surface area contributed by atoms with Crippen LogP contribution < -0.4 is 11.2 Å². The van der Waals surface area contributed by atoms with E-state index in [-0.39, 0.29) is 0 Å². The van der Waals surface area contributed by atoms with Crippen molar-refractivity contribution in [3.63, 3.8) is 0 Å². The molecule has 14 heavy (non-hydrogen) atoms. The Morgan fingerprint density at radius 2 is 2.14 bits per heavy atom. The van der Waals surface area contributed by atoms with Crippen molar-refractivity contribution in [3.8, 4) is 0 Å². The summed E-state index contributed by atoms with van der Waals surface area (Å²) in [4.78, 5) is 23.2. The number of carbonyl (C=O) groups is 1. The van der Waals surface area contributed by atoms with Crippen molar-refractivity contribution in [2.75, 3.05) is 5.73 Å². The second-order valence-corrected chi connectivity index (χ2v) is 2.48. The number of aromatic nitrogens is 1. The van der Waals surface area contributed by atoms with Gasteiger partial charge >= 0.3 is 5.97 Å². The van der Waals surface area contributed by atoms with Crippen LogP contribution in [0.5, 0.6) is 0 Å². The predicted molar refractivity (Wildman–Crippen MR) is 43.4 cm³/mol. The van der Waals surface area contributed by atoms with Crippen LogP contribution in [0.1, 0.15) is 22.6 Å². The fraction of sp³-hybridized carbons (Fsp3) is 0.143. The summed E-state index contributed by atoms with van der Waals surface area (Å²) < 4.78 is 24.4. The van der Waals surface area contributed by atoms with E-state index in [1.165, 1.54) is 0 Å². The maximum atomic E-state index is 12.2. The number of pyridine rings is 1. The fourth-order valence-corrected chi connectivity index (χ4v) is 0.877. The van der Waals surface area contributed by atoms with Crippen LogP contribution in [0, 0.1) is 0 Å². The Hall–Kier alpha value is -1.92. The monoisotopic (exact) mass is 204 g/mol. The van der Waals surface area contributed by atoms with Crippen LogP contribution in [0.15, 0.2) is 10.9 Å². The molecule has 0 fully saturated rings. The van der Waals surface area contributed by atoms with Crippen LogP contribution in [-0.2, 0) is 0 Å². The second-order valence-electron chi connectivity index (χ2n) is 2.48. The normalized spacial score (nSPS) is 10.5. The Bertz CT molecular complexity index is 427. The standard InChI is InChI=1S/C7H6F2N2O3/c8-6(9)5-4(10)3(12)1-2(11-5)7(13)14/h1,6H,10H2,(H,11,12)(H,13,14). The van der Waals surface area contributed by atoms with Gasteiger partial charge in [0.25, 0.3) is 6.43 Å². The molecule has 0 aliphatic rings. The Morgan fingerprint density at radius 3 is 2.57 bits per heavy atom. The van der Waals surface area contributed by atoms with Crippen molar-refractivity contribution in [2.45, 2.75) is 6.43 Å². The van der Waals surface area contributed by atoms with Crippen molar-refractivity contribution in [1.82, 2.24) is 4.98 Å². The molecule has 1 rings (SSSR count). The van der Waals surface area contributed by atoms with E-state index >= 15 is 0 Å². The van der Waals surface area contributed by atoms with Crippen molar-refractivity contribution in [3.05, 3.63) is 27.7 Å². The highest BCUT2D eigenvalue weighted by molar-refractivity contribution is 5.85. The first-order valence-corrected chi connectivity index (χ1v) is 3.47.